The molecule has 0 saturated carbocycles. The van der Waals surface area contributed by atoms with Crippen molar-refractivity contribution in [2.45, 2.75) is 105 Å². The molecule has 1 aliphatic carbocycles. The molecule has 270 valence electrons. The smallest absolute Gasteiger partial charge is 0.164 e. The topological polar surface area (TPSA) is 51.6 Å². The minimum absolute atomic E-state index is 0.0529. The zero-order chi connectivity index (χ0) is 38.1. The van der Waals surface area contributed by atoms with Crippen LogP contribution in [-0.2, 0) is 21.7 Å². The zero-order valence-electron chi connectivity index (χ0n) is 33.7. The third kappa shape index (κ3) is 6.41. The number of nitrogens with zero attached hydrogens (tertiary/aromatic N) is 4. The summed E-state index contributed by atoms with van der Waals surface area (Å²) in [5, 5.41) is 0. The van der Waals surface area contributed by atoms with Crippen LogP contribution in [0, 0.1) is 5.41 Å². The van der Waals surface area contributed by atoms with E-state index >= 15 is 0 Å². The van der Waals surface area contributed by atoms with E-state index in [0.29, 0.717) is 17.5 Å². The monoisotopic (exact) mass is 698 g/mol. The Labute approximate surface area is 317 Å². The second kappa shape index (κ2) is 12.6. The van der Waals surface area contributed by atoms with Crippen molar-refractivity contribution in [1.29, 1.82) is 0 Å². The van der Waals surface area contributed by atoms with Crippen LogP contribution in [0.15, 0.2) is 109 Å². The summed E-state index contributed by atoms with van der Waals surface area (Å²) in [6.45, 7) is 27.7. The van der Waals surface area contributed by atoms with Crippen LogP contribution in [0.3, 0.4) is 0 Å². The maximum Gasteiger partial charge on any atom is 0.164 e. The Morgan fingerprint density at radius 1 is 0.396 bits per heavy atom. The first-order valence-corrected chi connectivity index (χ1v) is 19.0. The number of hydrogen-bond donors (Lipinski definition) is 0. The SMILES string of the molecule is CC(C)(C)c1ccc(-c2nc(-c3ccc(-c4ccc(-c5ccc6c(c5)C(C)(C)C(C)(C)C6(C)C)nc4)cc3)nc(-c3ccc(C(C)(C)C)cc3)n2)cc1. The molecule has 0 N–H and O–H groups in total. The van der Waals surface area contributed by atoms with Gasteiger partial charge in [0.05, 0.1) is 5.69 Å². The predicted octanol–water partition coefficient (Wildman–Crippen LogP) is 12.8. The van der Waals surface area contributed by atoms with Crippen LogP contribution in [0.2, 0.25) is 0 Å². The van der Waals surface area contributed by atoms with Crippen LogP contribution >= 0.6 is 0 Å². The van der Waals surface area contributed by atoms with Crippen LogP contribution in [0.4, 0.5) is 0 Å². The Bertz CT molecular complexity index is 2200. The summed E-state index contributed by atoms with van der Waals surface area (Å²) in [6.07, 6.45) is 1.98. The van der Waals surface area contributed by atoms with Crippen LogP contribution in [0.1, 0.15) is 105 Å². The maximum atomic E-state index is 5.01. The normalized spacial score (nSPS) is 16.0. The highest BCUT2D eigenvalue weighted by atomic mass is 15.0. The first-order valence-electron chi connectivity index (χ1n) is 19.0. The largest absolute Gasteiger partial charge is 0.256 e. The van der Waals surface area contributed by atoms with E-state index in [9.17, 15) is 0 Å². The van der Waals surface area contributed by atoms with Crippen LogP contribution in [-0.4, -0.2) is 19.9 Å². The average Bonchev–Trinajstić information content (AvgIpc) is 3.24. The van der Waals surface area contributed by atoms with Crippen molar-refractivity contribution in [3.05, 3.63) is 132 Å². The number of hydrogen-bond acceptors (Lipinski definition) is 4. The first-order chi connectivity index (χ1) is 24.8. The summed E-state index contributed by atoms with van der Waals surface area (Å²) in [6, 6.07) is 36.9. The van der Waals surface area contributed by atoms with Crippen LogP contribution in [0.5, 0.6) is 0 Å². The van der Waals surface area contributed by atoms with Gasteiger partial charge < -0.3 is 0 Å². The molecule has 0 fully saturated rings. The van der Waals surface area contributed by atoms with Crippen molar-refractivity contribution in [1.82, 2.24) is 19.9 Å². The molecule has 4 nitrogen and oxygen atoms in total. The fraction of sp³-hybridized carbons (Fsp3) is 0.347. The molecule has 1 aliphatic rings. The second-order valence-corrected chi connectivity index (χ2v) is 18.6. The molecule has 2 heterocycles. The van der Waals surface area contributed by atoms with E-state index < -0.39 is 0 Å². The molecule has 4 aromatic carbocycles. The summed E-state index contributed by atoms with van der Waals surface area (Å²) in [4.78, 5) is 20.0. The molecule has 4 heteroatoms. The number of pyridine rings is 1. The molecule has 0 aliphatic heterocycles. The summed E-state index contributed by atoms with van der Waals surface area (Å²) >= 11 is 0. The standard InChI is InChI=1S/C49H54N4/c1-45(2,3)37-23-17-33(18-24-37)43-51-42(52-44(53-43)34-19-25-38(26-20-34)46(4,5)6)32-15-13-31(14-16-32)36-22-28-41(50-30-36)35-21-27-39-40(29-35)48(9,10)49(11,12)47(39,7)8/h13-30H,1-12H3. The van der Waals surface area contributed by atoms with Crippen molar-refractivity contribution in [3.8, 4) is 56.5 Å². The lowest BCUT2D eigenvalue weighted by molar-refractivity contribution is 0.125. The third-order valence-corrected chi connectivity index (χ3v) is 12.7. The molecule has 2 aromatic heterocycles. The van der Waals surface area contributed by atoms with Gasteiger partial charge in [0.2, 0.25) is 0 Å². The third-order valence-electron chi connectivity index (χ3n) is 12.7. The van der Waals surface area contributed by atoms with Crippen LogP contribution < -0.4 is 0 Å². The molecular formula is C49H54N4. The maximum absolute atomic E-state index is 5.01. The van der Waals surface area contributed by atoms with Crippen molar-refractivity contribution in [2.75, 3.05) is 0 Å². The Morgan fingerprint density at radius 2 is 0.774 bits per heavy atom. The minimum Gasteiger partial charge on any atom is -0.256 e. The number of fused-ring (bicyclic) bond motifs is 1. The molecule has 0 radical (unpaired) electrons. The highest BCUT2D eigenvalue weighted by molar-refractivity contribution is 5.72. The molecule has 0 saturated heterocycles. The van der Waals surface area contributed by atoms with Gasteiger partial charge in [-0.25, -0.2) is 15.0 Å². The van der Waals surface area contributed by atoms with E-state index in [1.807, 2.05) is 6.20 Å². The fourth-order valence-electron chi connectivity index (χ4n) is 7.77. The van der Waals surface area contributed by atoms with Crippen molar-refractivity contribution < 1.29 is 0 Å². The Kier molecular flexibility index (Phi) is 8.64. The molecule has 0 amide bonds. The number of rotatable bonds is 5. The van der Waals surface area contributed by atoms with Gasteiger partial charge in [0, 0.05) is 34.0 Å². The van der Waals surface area contributed by atoms with Gasteiger partial charge in [-0.05, 0) is 67.0 Å². The summed E-state index contributed by atoms with van der Waals surface area (Å²) in [5.74, 6) is 1.98. The molecule has 0 unspecified atom stereocenters. The summed E-state index contributed by atoms with van der Waals surface area (Å²) in [5.41, 5.74) is 13.0. The quantitative estimate of drug-likeness (QED) is 0.180. The molecule has 0 atom stereocenters. The van der Waals surface area contributed by atoms with E-state index in [2.05, 4.69) is 186 Å². The summed E-state index contributed by atoms with van der Waals surface area (Å²) < 4.78 is 0. The number of benzene rings is 4. The lowest BCUT2D eigenvalue weighted by atomic mass is 9.59. The molecule has 0 spiro atoms. The predicted molar refractivity (Wildman–Crippen MR) is 222 cm³/mol. The van der Waals surface area contributed by atoms with E-state index in [1.165, 1.54) is 22.3 Å². The Hall–Kier alpha value is -4.96. The Balaban J connectivity index is 1.20. The summed E-state index contributed by atoms with van der Waals surface area (Å²) in [7, 11) is 0. The van der Waals surface area contributed by atoms with Gasteiger partial charge in [0.15, 0.2) is 17.5 Å². The van der Waals surface area contributed by atoms with Crippen molar-refractivity contribution >= 4 is 0 Å². The lowest BCUT2D eigenvalue weighted by Gasteiger charge is -2.44. The van der Waals surface area contributed by atoms with E-state index in [1.54, 1.807) is 0 Å². The van der Waals surface area contributed by atoms with E-state index in [-0.39, 0.29) is 27.1 Å². The molecule has 0 bridgehead atoms. The minimum atomic E-state index is 0.0529. The van der Waals surface area contributed by atoms with Crippen molar-refractivity contribution in [2.24, 2.45) is 5.41 Å². The average molecular weight is 699 g/mol. The molecular weight excluding hydrogens is 645 g/mol. The zero-order valence-corrected chi connectivity index (χ0v) is 33.7. The molecule has 6 aromatic rings. The van der Waals surface area contributed by atoms with Gasteiger partial charge in [0.25, 0.3) is 0 Å². The van der Waals surface area contributed by atoms with Gasteiger partial charge >= 0.3 is 0 Å². The van der Waals surface area contributed by atoms with Gasteiger partial charge in [-0.15, -0.1) is 0 Å². The van der Waals surface area contributed by atoms with Gasteiger partial charge in [0.1, 0.15) is 0 Å². The first kappa shape index (κ1) is 36.4. The molecule has 7 rings (SSSR count). The highest BCUT2D eigenvalue weighted by Crippen LogP contribution is 2.61. The van der Waals surface area contributed by atoms with Gasteiger partial charge in [-0.2, -0.15) is 0 Å². The molecule has 53 heavy (non-hydrogen) atoms. The van der Waals surface area contributed by atoms with E-state index in [4.69, 9.17) is 19.9 Å². The fourth-order valence-corrected chi connectivity index (χ4v) is 7.77. The van der Waals surface area contributed by atoms with Crippen molar-refractivity contribution in [3.63, 3.8) is 0 Å². The second-order valence-electron chi connectivity index (χ2n) is 18.6. The van der Waals surface area contributed by atoms with Gasteiger partial charge in [-0.3, -0.25) is 4.98 Å². The Morgan fingerprint density at radius 3 is 1.19 bits per heavy atom. The van der Waals surface area contributed by atoms with Gasteiger partial charge in [-0.1, -0.05) is 174 Å². The van der Waals surface area contributed by atoms with Crippen LogP contribution in [0.25, 0.3) is 56.5 Å². The van der Waals surface area contributed by atoms with E-state index in [0.717, 1.165) is 39.1 Å². The lowest BCUT2D eigenvalue weighted by Crippen LogP contribution is -2.42. The highest BCUT2D eigenvalue weighted by Gasteiger charge is 2.56. The number of aromatic nitrogens is 4.